The van der Waals surface area contributed by atoms with Crippen LogP contribution in [0, 0.1) is 12.7 Å². The largest absolute Gasteiger partial charge is 0.491 e. The van der Waals surface area contributed by atoms with E-state index in [2.05, 4.69) is 26.9 Å². The Kier molecular flexibility index (Phi) is 7.10. The van der Waals surface area contributed by atoms with Gasteiger partial charge in [0.05, 0.1) is 26.5 Å². The fourth-order valence-corrected chi connectivity index (χ4v) is 5.32. The number of rotatable bonds is 8. The zero-order chi connectivity index (χ0) is 24.4. The highest BCUT2D eigenvalue weighted by molar-refractivity contribution is 7.18. The van der Waals surface area contributed by atoms with E-state index in [0.29, 0.717) is 24.4 Å². The Hall–Kier alpha value is -2.85. The van der Waals surface area contributed by atoms with Crippen molar-refractivity contribution in [1.82, 2.24) is 19.9 Å². The number of β-amino-alcohol motifs (C(OH)–C–C–N with tert-alkyl or cyclic N) is 1. The standard InChI is InChI=1S/C26H29FN4O3S/c1-17-13-30(15-20(32)16-33-21-7-8-26-24(12-21)28-18(2)35-26)9-10-31(17)14-19-11-25(34-29-19)22-5-3-4-6-23(22)27/h3-8,11-12,17,20,32H,9-10,13-16H2,1-2H3. The topological polar surface area (TPSA) is 74.9 Å². The van der Waals surface area contributed by atoms with E-state index in [1.807, 2.05) is 31.2 Å². The molecule has 1 aliphatic heterocycles. The van der Waals surface area contributed by atoms with Gasteiger partial charge in [-0.25, -0.2) is 9.37 Å². The van der Waals surface area contributed by atoms with Crippen molar-refractivity contribution in [3.8, 4) is 17.1 Å². The molecule has 184 valence electrons. The summed E-state index contributed by atoms with van der Waals surface area (Å²) in [5, 5.41) is 15.7. The molecule has 1 N–H and O–H groups in total. The first-order chi connectivity index (χ1) is 16.9. The monoisotopic (exact) mass is 496 g/mol. The lowest BCUT2D eigenvalue weighted by atomic mass is 10.1. The molecule has 0 radical (unpaired) electrons. The maximum absolute atomic E-state index is 14.0. The van der Waals surface area contributed by atoms with Gasteiger partial charge in [0.25, 0.3) is 0 Å². The van der Waals surface area contributed by atoms with E-state index in [1.165, 1.54) is 6.07 Å². The number of halogens is 1. The van der Waals surface area contributed by atoms with Crippen molar-refractivity contribution < 1.29 is 18.8 Å². The lowest BCUT2D eigenvalue weighted by Crippen LogP contribution is -2.53. The van der Waals surface area contributed by atoms with Crippen LogP contribution in [0.15, 0.2) is 53.1 Å². The van der Waals surface area contributed by atoms with Crippen LogP contribution >= 0.6 is 11.3 Å². The molecule has 1 aliphatic rings. The van der Waals surface area contributed by atoms with Crippen LogP contribution in [0.5, 0.6) is 5.75 Å². The Morgan fingerprint density at radius 1 is 1.23 bits per heavy atom. The summed E-state index contributed by atoms with van der Waals surface area (Å²) in [5.41, 5.74) is 2.13. The average Bonchev–Trinajstić information content (AvgIpc) is 3.45. The van der Waals surface area contributed by atoms with E-state index in [1.54, 1.807) is 29.5 Å². The van der Waals surface area contributed by atoms with E-state index in [4.69, 9.17) is 9.26 Å². The highest BCUT2D eigenvalue weighted by Crippen LogP contribution is 2.26. The minimum atomic E-state index is -0.583. The Morgan fingerprint density at radius 2 is 2.09 bits per heavy atom. The molecule has 2 unspecified atom stereocenters. The first kappa shape index (κ1) is 23.9. The van der Waals surface area contributed by atoms with Gasteiger partial charge < -0.3 is 14.4 Å². The van der Waals surface area contributed by atoms with Crippen LogP contribution < -0.4 is 4.74 Å². The zero-order valence-electron chi connectivity index (χ0n) is 19.9. The number of aliphatic hydroxyl groups is 1. The maximum Gasteiger partial charge on any atom is 0.170 e. The molecule has 0 spiro atoms. The molecule has 1 fully saturated rings. The number of aliphatic hydroxyl groups excluding tert-OH is 1. The second-order valence-corrected chi connectivity index (χ2v) is 10.3. The van der Waals surface area contributed by atoms with Gasteiger partial charge in [0.1, 0.15) is 24.3 Å². The molecular formula is C26H29FN4O3S. The first-order valence-corrected chi connectivity index (χ1v) is 12.6. The average molecular weight is 497 g/mol. The summed E-state index contributed by atoms with van der Waals surface area (Å²) in [6, 6.07) is 14.5. The molecule has 0 bridgehead atoms. The van der Waals surface area contributed by atoms with E-state index in [0.717, 1.165) is 46.3 Å². The number of piperazine rings is 1. The van der Waals surface area contributed by atoms with E-state index in [9.17, 15) is 9.50 Å². The van der Waals surface area contributed by atoms with Gasteiger partial charge in [-0.1, -0.05) is 17.3 Å². The van der Waals surface area contributed by atoms with Gasteiger partial charge in [0.2, 0.25) is 0 Å². The molecule has 1 saturated heterocycles. The predicted octanol–water partition coefficient (Wildman–Crippen LogP) is 4.34. The molecule has 35 heavy (non-hydrogen) atoms. The van der Waals surface area contributed by atoms with Gasteiger partial charge in [-0.05, 0) is 38.1 Å². The summed E-state index contributed by atoms with van der Waals surface area (Å²) >= 11 is 1.66. The van der Waals surface area contributed by atoms with E-state index < -0.39 is 6.10 Å². The number of thiazole rings is 1. The Bertz CT molecular complexity index is 1290. The van der Waals surface area contributed by atoms with E-state index >= 15 is 0 Å². The smallest absolute Gasteiger partial charge is 0.170 e. The Morgan fingerprint density at radius 3 is 2.91 bits per heavy atom. The van der Waals surface area contributed by atoms with Crippen LogP contribution in [0.25, 0.3) is 21.5 Å². The molecule has 0 aliphatic carbocycles. The van der Waals surface area contributed by atoms with E-state index in [-0.39, 0.29) is 18.5 Å². The quantitative estimate of drug-likeness (QED) is 0.389. The number of aromatic nitrogens is 2. The molecule has 7 nitrogen and oxygen atoms in total. The second-order valence-electron chi connectivity index (χ2n) is 9.07. The fourth-order valence-electron chi connectivity index (χ4n) is 4.51. The third-order valence-electron chi connectivity index (χ3n) is 6.29. The van der Waals surface area contributed by atoms with Gasteiger partial charge in [0, 0.05) is 50.9 Å². The minimum Gasteiger partial charge on any atom is -0.491 e. The van der Waals surface area contributed by atoms with Crippen molar-refractivity contribution in [3.05, 3.63) is 65.0 Å². The van der Waals surface area contributed by atoms with Crippen LogP contribution in [0.1, 0.15) is 17.6 Å². The van der Waals surface area contributed by atoms with Crippen LogP contribution in [-0.2, 0) is 6.54 Å². The van der Waals surface area contributed by atoms with Crippen LogP contribution in [0.4, 0.5) is 4.39 Å². The first-order valence-electron chi connectivity index (χ1n) is 11.8. The van der Waals surface area contributed by atoms with Crippen LogP contribution in [0.2, 0.25) is 0 Å². The second kappa shape index (κ2) is 10.4. The summed E-state index contributed by atoms with van der Waals surface area (Å²) in [7, 11) is 0. The Labute approximate surface area is 207 Å². The third-order valence-corrected chi connectivity index (χ3v) is 7.24. The lowest BCUT2D eigenvalue weighted by molar-refractivity contribution is 0.0250. The summed E-state index contributed by atoms with van der Waals surface area (Å²) in [6.07, 6.45) is -0.583. The maximum atomic E-state index is 14.0. The molecule has 2 aromatic heterocycles. The molecule has 3 heterocycles. The normalized spacial score (nSPS) is 18.2. The predicted molar refractivity (Wildman–Crippen MR) is 134 cm³/mol. The molecule has 2 aromatic carbocycles. The molecule has 0 saturated carbocycles. The van der Waals surface area contributed by atoms with Crippen molar-refractivity contribution >= 4 is 21.6 Å². The Balaban J connectivity index is 1.10. The van der Waals surface area contributed by atoms with Gasteiger partial charge in [0.15, 0.2) is 5.76 Å². The van der Waals surface area contributed by atoms with Gasteiger partial charge in [-0.3, -0.25) is 9.80 Å². The molecule has 5 rings (SSSR count). The summed E-state index contributed by atoms with van der Waals surface area (Å²) in [4.78, 5) is 9.08. The SMILES string of the molecule is Cc1nc2cc(OCC(O)CN3CCN(Cc4cc(-c5ccccc5F)on4)C(C)C3)ccc2s1. The fraction of sp³-hybridized carbons (Fsp3) is 0.385. The number of hydrogen-bond acceptors (Lipinski definition) is 8. The third kappa shape index (κ3) is 5.70. The summed E-state index contributed by atoms with van der Waals surface area (Å²) < 4.78 is 26.4. The van der Waals surface area contributed by atoms with Gasteiger partial charge in [-0.15, -0.1) is 11.3 Å². The highest BCUT2D eigenvalue weighted by atomic mass is 32.1. The number of fused-ring (bicyclic) bond motifs is 1. The molecule has 0 amide bonds. The minimum absolute atomic E-state index is 0.237. The highest BCUT2D eigenvalue weighted by Gasteiger charge is 2.26. The molecule has 2 atom stereocenters. The number of ether oxygens (including phenoxy) is 1. The van der Waals surface area contributed by atoms with Crippen LogP contribution in [-0.4, -0.2) is 70.0 Å². The zero-order valence-corrected chi connectivity index (χ0v) is 20.7. The van der Waals surface area contributed by atoms with Crippen molar-refractivity contribution in [2.75, 3.05) is 32.8 Å². The summed E-state index contributed by atoms with van der Waals surface area (Å²) in [5.74, 6) is 0.845. The number of aryl methyl sites for hydroxylation is 1. The number of nitrogens with zero attached hydrogens (tertiary/aromatic N) is 4. The summed E-state index contributed by atoms with van der Waals surface area (Å²) in [6.45, 7) is 8.09. The van der Waals surface area contributed by atoms with Crippen LogP contribution in [0.3, 0.4) is 0 Å². The van der Waals surface area contributed by atoms with Crippen molar-refractivity contribution in [2.24, 2.45) is 0 Å². The number of benzene rings is 2. The lowest BCUT2D eigenvalue weighted by Gasteiger charge is -2.40. The van der Waals surface area contributed by atoms with Gasteiger partial charge >= 0.3 is 0 Å². The molecule has 4 aromatic rings. The van der Waals surface area contributed by atoms with Crippen molar-refractivity contribution in [2.45, 2.75) is 32.5 Å². The van der Waals surface area contributed by atoms with Gasteiger partial charge in [-0.2, -0.15) is 0 Å². The van der Waals surface area contributed by atoms with Crippen molar-refractivity contribution in [3.63, 3.8) is 0 Å². The number of hydrogen-bond donors (Lipinski definition) is 1. The molecular weight excluding hydrogens is 467 g/mol. The molecule has 9 heteroatoms. The van der Waals surface area contributed by atoms with Crippen molar-refractivity contribution in [1.29, 1.82) is 0 Å².